The van der Waals surface area contributed by atoms with E-state index < -0.39 is 18.0 Å². The Balaban J connectivity index is 1.95. The maximum absolute atomic E-state index is 13.0. The Morgan fingerprint density at radius 3 is 2.79 bits per heavy atom. The highest BCUT2D eigenvalue weighted by molar-refractivity contribution is 5.56. The molecule has 3 rings (SSSR count). The summed E-state index contributed by atoms with van der Waals surface area (Å²) in [6.07, 6.45) is -3.10. The lowest BCUT2D eigenvalue weighted by Gasteiger charge is -2.37. The fraction of sp³-hybridized carbons (Fsp3) is 0.625. The van der Waals surface area contributed by atoms with Gasteiger partial charge in [0.25, 0.3) is 0 Å². The summed E-state index contributed by atoms with van der Waals surface area (Å²) in [5.74, 6) is -0.142. The highest BCUT2D eigenvalue weighted by Crippen LogP contribution is 2.36. The lowest BCUT2D eigenvalue weighted by Crippen LogP contribution is -2.46. The van der Waals surface area contributed by atoms with Gasteiger partial charge in [0.15, 0.2) is 0 Å². The van der Waals surface area contributed by atoms with E-state index in [2.05, 4.69) is 4.98 Å². The summed E-state index contributed by atoms with van der Waals surface area (Å²) in [6.45, 7) is 1.36. The van der Waals surface area contributed by atoms with Gasteiger partial charge in [0.2, 0.25) is 0 Å². The van der Waals surface area contributed by atoms with Crippen molar-refractivity contribution in [3.8, 4) is 6.07 Å². The Morgan fingerprint density at radius 2 is 2.12 bits per heavy atom. The largest absolute Gasteiger partial charge is 0.433 e. The first-order valence-corrected chi connectivity index (χ1v) is 7.92. The SMILES string of the molecule is N#Cc1ccc(C(F)(F)F)nc1N1CCC[C@@H]1[C@@H]1COCC[C@H]1O. The van der Waals surface area contributed by atoms with Gasteiger partial charge in [-0.05, 0) is 31.4 Å². The molecule has 1 aromatic rings. The zero-order valence-electron chi connectivity index (χ0n) is 13.0. The van der Waals surface area contributed by atoms with Gasteiger partial charge in [-0.15, -0.1) is 0 Å². The van der Waals surface area contributed by atoms with Crippen LogP contribution in [0.3, 0.4) is 0 Å². The van der Waals surface area contributed by atoms with Crippen molar-refractivity contribution in [2.45, 2.75) is 37.6 Å². The summed E-state index contributed by atoms with van der Waals surface area (Å²) in [5, 5.41) is 19.5. The Labute approximate surface area is 137 Å². The molecule has 0 aromatic carbocycles. The molecule has 3 atom stereocenters. The van der Waals surface area contributed by atoms with Crippen molar-refractivity contribution in [2.24, 2.45) is 5.92 Å². The van der Waals surface area contributed by atoms with E-state index in [9.17, 15) is 23.5 Å². The van der Waals surface area contributed by atoms with Crippen LogP contribution in [-0.4, -0.2) is 42.0 Å². The number of aliphatic hydroxyl groups excluding tert-OH is 1. The number of nitriles is 1. The van der Waals surface area contributed by atoms with E-state index in [1.165, 1.54) is 0 Å². The highest BCUT2D eigenvalue weighted by atomic mass is 19.4. The summed E-state index contributed by atoms with van der Waals surface area (Å²) in [4.78, 5) is 5.46. The second-order valence-corrected chi connectivity index (χ2v) is 6.17. The molecule has 0 spiro atoms. The summed E-state index contributed by atoms with van der Waals surface area (Å²) < 4.78 is 44.4. The Hall–Kier alpha value is -1.85. The zero-order valence-corrected chi connectivity index (χ0v) is 13.0. The number of halogens is 3. The molecule has 2 aliphatic rings. The lowest BCUT2D eigenvalue weighted by atomic mass is 9.89. The van der Waals surface area contributed by atoms with Gasteiger partial charge in [0.1, 0.15) is 17.6 Å². The van der Waals surface area contributed by atoms with E-state index >= 15 is 0 Å². The van der Waals surface area contributed by atoms with E-state index in [0.717, 1.165) is 25.0 Å². The first-order chi connectivity index (χ1) is 11.4. The second-order valence-electron chi connectivity index (χ2n) is 6.17. The zero-order chi connectivity index (χ0) is 17.3. The first-order valence-electron chi connectivity index (χ1n) is 7.92. The van der Waals surface area contributed by atoms with Gasteiger partial charge in [0, 0.05) is 25.1 Å². The number of hydrogen-bond donors (Lipinski definition) is 1. The van der Waals surface area contributed by atoms with Gasteiger partial charge in [0.05, 0.1) is 18.3 Å². The summed E-state index contributed by atoms with van der Waals surface area (Å²) in [6, 6.07) is 3.73. The third kappa shape index (κ3) is 3.19. The Morgan fingerprint density at radius 1 is 1.33 bits per heavy atom. The molecule has 0 saturated carbocycles. The standard InChI is InChI=1S/C16H18F3N3O2/c17-16(18,19)14-4-3-10(8-20)15(21-14)22-6-1-2-12(22)11-9-24-7-5-13(11)23/h3-4,11-13,23H,1-2,5-7,9H2/t11-,12+,13+/m0/s1. The molecule has 3 heterocycles. The normalized spacial score (nSPS) is 28.0. The molecule has 2 fully saturated rings. The molecule has 0 amide bonds. The summed E-state index contributed by atoms with van der Waals surface area (Å²) >= 11 is 0. The fourth-order valence-corrected chi connectivity index (χ4v) is 3.53. The first kappa shape index (κ1) is 17.0. The number of hydrogen-bond acceptors (Lipinski definition) is 5. The number of nitrogens with zero attached hydrogens (tertiary/aromatic N) is 3. The summed E-state index contributed by atoms with van der Waals surface area (Å²) in [7, 11) is 0. The van der Waals surface area contributed by atoms with E-state index in [0.29, 0.717) is 26.2 Å². The van der Waals surface area contributed by atoms with Crippen LogP contribution in [-0.2, 0) is 10.9 Å². The van der Waals surface area contributed by atoms with E-state index in [1.54, 1.807) is 4.90 Å². The van der Waals surface area contributed by atoms with E-state index in [4.69, 9.17) is 4.74 Å². The van der Waals surface area contributed by atoms with E-state index in [-0.39, 0.29) is 23.3 Å². The average molecular weight is 341 g/mol. The van der Waals surface area contributed by atoms with Crippen LogP contribution in [0.25, 0.3) is 0 Å². The van der Waals surface area contributed by atoms with Crippen molar-refractivity contribution in [3.05, 3.63) is 23.4 Å². The fourth-order valence-electron chi connectivity index (χ4n) is 3.53. The maximum atomic E-state index is 13.0. The van der Waals surface area contributed by atoms with Crippen LogP contribution in [0.15, 0.2) is 12.1 Å². The van der Waals surface area contributed by atoms with Crippen molar-refractivity contribution >= 4 is 5.82 Å². The minimum Gasteiger partial charge on any atom is -0.393 e. The van der Waals surface area contributed by atoms with Crippen LogP contribution in [0.2, 0.25) is 0 Å². The summed E-state index contributed by atoms with van der Waals surface area (Å²) in [5.41, 5.74) is -0.899. The molecule has 0 aliphatic carbocycles. The molecular formula is C16H18F3N3O2. The van der Waals surface area contributed by atoms with Crippen LogP contribution >= 0.6 is 0 Å². The molecule has 8 heteroatoms. The predicted octanol–water partition coefficient (Wildman–Crippen LogP) is 2.34. The van der Waals surface area contributed by atoms with Crippen molar-refractivity contribution in [3.63, 3.8) is 0 Å². The van der Waals surface area contributed by atoms with Crippen LogP contribution in [0, 0.1) is 17.2 Å². The van der Waals surface area contributed by atoms with Gasteiger partial charge in [-0.25, -0.2) is 4.98 Å². The Bertz CT molecular complexity index is 644. The topological polar surface area (TPSA) is 69.4 Å². The van der Waals surface area contributed by atoms with E-state index in [1.807, 2.05) is 6.07 Å². The maximum Gasteiger partial charge on any atom is 0.433 e. The van der Waals surface area contributed by atoms with Crippen molar-refractivity contribution < 1.29 is 23.0 Å². The van der Waals surface area contributed by atoms with Gasteiger partial charge in [-0.1, -0.05) is 0 Å². The Kier molecular flexibility index (Phi) is 4.65. The third-order valence-corrected chi connectivity index (χ3v) is 4.71. The van der Waals surface area contributed by atoms with Crippen LogP contribution in [0.4, 0.5) is 19.0 Å². The second kappa shape index (κ2) is 6.57. The van der Waals surface area contributed by atoms with Crippen molar-refractivity contribution in [2.75, 3.05) is 24.7 Å². The number of aliphatic hydroxyl groups is 1. The minimum absolute atomic E-state index is 0.0487. The molecule has 0 bridgehead atoms. The predicted molar refractivity (Wildman–Crippen MR) is 79.3 cm³/mol. The quantitative estimate of drug-likeness (QED) is 0.894. The number of pyridine rings is 1. The van der Waals surface area contributed by atoms with Crippen molar-refractivity contribution in [1.82, 2.24) is 4.98 Å². The molecular weight excluding hydrogens is 323 g/mol. The number of ether oxygens (including phenoxy) is 1. The molecule has 1 N–H and O–H groups in total. The molecule has 24 heavy (non-hydrogen) atoms. The minimum atomic E-state index is -4.56. The smallest absolute Gasteiger partial charge is 0.393 e. The van der Waals surface area contributed by atoms with Crippen LogP contribution in [0.1, 0.15) is 30.5 Å². The number of aromatic nitrogens is 1. The highest BCUT2D eigenvalue weighted by Gasteiger charge is 2.40. The number of alkyl halides is 3. The van der Waals surface area contributed by atoms with Gasteiger partial charge >= 0.3 is 6.18 Å². The molecule has 0 radical (unpaired) electrons. The van der Waals surface area contributed by atoms with Crippen LogP contribution < -0.4 is 4.90 Å². The van der Waals surface area contributed by atoms with Crippen LogP contribution in [0.5, 0.6) is 0 Å². The average Bonchev–Trinajstić information content (AvgIpc) is 3.03. The number of anilines is 1. The third-order valence-electron chi connectivity index (χ3n) is 4.71. The molecule has 5 nitrogen and oxygen atoms in total. The van der Waals surface area contributed by atoms with Crippen molar-refractivity contribution in [1.29, 1.82) is 5.26 Å². The number of rotatable bonds is 2. The van der Waals surface area contributed by atoms with Gasteiger partial charge < -0.3 is 14.7 Å². The molecule has 1 aromatic heterocycles. The molecule has 2 aliphatic heterocycles. The molecule has 2 saturated heterocycles. The monoisotopic (exact) mass is 341 g/mol. The van der Waals surface area contributed by atoms with Gasteiger partial charge in [-0.2, -0.15) is 18.4 Å². The molecule has 0 unspecified atom stereocenters. The van der Waals surface area contributed by atoms with Gasteiger partial charge in [-0.3, -0.25) is 0 Å². The lowest BCUT2D eigenvalue weighted by molar-refractivity contribution is -0.141. The molecule has 130 valence electrons.